The smallest absolute Gasteiger partial charge is 0.335 e. The lowest BCUT2D eigenvalue weighted by Gasteiger charge is -2.33. The molecule has 1 heterocycles. The Balaban J connectivity index is 1.75. The van der Waals surface area contributed by atoms with Gasteiger partial charge < -0.3 is 20.1 Å². The maximum Gasteiger partial charge on any atom is 0.335 e. The van der Waals surface area contributed by atoms with Gasteiger partial charge in [-0.25, -0.2) is 4.79 Å². The molecule has 0 unspecified atom stereocenters. The van der Waals surface area contributed by atoms with E-state index in [2.05, 4.69) is 5.32 Å². The Hall–Kier alpha value is -3.00. The predicted molar refractivity (Wildman–Crippen MR) is 115 cm³/mol. The number of carboxylic acid groups (broad SMARTS) is 1. The van der Waals surface area contributed by atoms with Crippen molar-refractivity contribution in [2.45, 2.75) is 29.4 Å². The molecule has 1 aliphatic rings. The van der Waals surface area contributed by atoms with Crippen LogP contribution < -0.4 is 15.0 Å². The third kappa shape index (κ3) is 4.94. The van der Waals surface area contributed by atoms with E-state index >= 15 is 0 Å². The van der Waals surface area contributed by atoms with Gasteiger partial charge in [0.2, 0.25) is 11.8 Å². The molecule has 2 aromatic rings. The molecule has 1 aliphatic heterocycles. The van der Waals surface area contributed by atoms with Gasteiger partial charge in [0, 0.05) is 11.9 Å². The summed E-state index contributed by atoms with van der Waals surface area (Å²) in [5, 5.41) is 11.5. The lowest BCUT2D eigenvalue weighted by molar-refractivity contribution is -0.123. The molecule has 8 heteroatoms. The Morgan fingerprint density at radius 1 is 1.20 bits per heavy atom. The number of amides is 2. The van der Waals surface area contributed by atoms with Crippen molar-refractivity contribution in [3.63, 3.8) is 0 Å². The number of nitrogens with one attached hydrogen (secondary N) is 1. The molecule has 0 saturated carbocycles. The first-order chi connectivity index (χ1) is 14.4. The van der Waals surface area contributed by atoms with Gasteiger partial charge in [-0.2, -0.15) is 0 Å². The second-order valence-corrected chi connectivity index (χ2v) is 8.18. The Morgan fingerprint density at radius 3 is 2.57 bits per heavy atom. The van der Waals surface area contributed by atoms with Crippen molar-refractivity contribution in [3.8, 4) is 5.75 Å². The summed E-state index contributed by atoms with van der Waals surface area (Å²) in [4.78, 5) is 38.6. The van der Waals surface area contributed by atoms with Crippen LogP contribution >= 0.6 is 11.8 Å². The molecular formula is C22H24N2O5S. The predicted octanol–water partition coefficient (Wildman–Crippen LogP) is 2.97. The summed E-state index contributed by atoms with van der Waals surface area (Å²) in [5.41, 5.74) is 1.72. The Bertz CT molecular complexity index is 945. The van der Waals surface area contributed by atoms with E-state index in [1.54, 1.807) is 13.2 Å². The number of benzene rings is 2. The maximum atomic E-state index is 13.1. The number of thioether (sulfide) groups is 1. The van der Waals surface area contributed by atoms with Crippen molar-refractivity contribution in [1.29, 1.82) is 0 Å². The molecule has 0 spiro atoms. The molecule has 3 rings (SSSR count). The van der Waals surface area contributed by atoms with Gasteiger partial charge in [-0.3, -0.25) is 9.59 Å². The number of aryl methyl sites for hydroxylation is 1. The highest BCUT2D eigenvalue weighted by atomic mass is 32.2. The number of carboxylic acids is 1. The molecule has 2 aromatic carbocycles. The van der Waals surface area contributed by atoms with Crippen molar-refractivity contribution < 1.29 is 24.2 Å². The number of hydrogen-bond donors (Lipinski definition) is 2. The van der Waals surface area contributed by atoms with E-state index in [4.69, 9.17) is 4.74 Å². The summed E-state index contributed by atoms with van der Waals surface area (Å²) >= 11 is 1.43. The summed E-state index contributed by atoms with van der Waals surface area (Å²) in [6, 6.07) is 12.5. The first-order valence-corrected chi connectivity index (χ1v) is 10.5. The number of anilines is 1. The number of hydrogen-bond acceptors (Lipinski definition) is 5. The molecule has 0 aliphatic carbocycles. The normalized spacial score (nSPS) is 15.5. The number of nitrogens with zero attached hydrogens (tertiary/aromatic N) is 1. The van der Waals surface area contributed by atoms with E-state index in [1.165, 1.54) is 35.8 Å². The maximum absolute atomic E-state index is 13.1. The molecule has 7 nitrogen and oxygen atoms in total. The largest absolute Gasteiger partial charge is 0.497 e. The van der Waals surface area contributed by atoms with E-state index in [9.17, 15) is 19.5 Å². The average molecular weight is 429 g/mol. The minimum atomic E-state index is -1.07. The topological polar surface area (TPSA) is 95.9 Å². The number of carbonyl (C=O) groups is 3. The van der Waals surface area contributed by atoms with Crippen LogP contribution in [-0.2, 0) is 16.0 Å². The van der Waals surface area contributed by atoms with Crippen LogP contribution in [0.4, 0.5) is 5.69 Å². The molecule has 0 fully saturated rings. The van der Waals surface area contributed by atoms with Crippen LogP contribution in [0.25, 0.3) is 0 Å². The molecular weight excluding hydrogens is 404 g/mol. The van der Waals surface area contributed by atoms with Crippen molar-refractivity contribution in [3.05, 3.63) is 53.6 Å². The van der Waals surface area contributed by atoms with Gasteiger partial charge in [-0.05, 0) is 55.2 Å². The third-order valence-electron chi connectivity index (χ3n) is 4.98. The summed E-state index contributed by atoms with van der Waals surface area (Å²) in [7, 11) is 3.13. The first kappa shape index (κ1) is 21.7. The zero-order chi connectivity index (χ0) is 21.7. The summed E-state index contributed by atoms with van der Waals surface area (Å²) in [5.74, 6) is -0.747. The van der Waals surface area contributed by atoms with Gasteiger partial charge in [0.15, 0.2) is 0 Å². The lowest BCUT2D eigenvalue weighted by atomic mass is 10.1. The second kappa shape index (κ2) is 9.67. The van der Waals surface area contributed by atoms with E-state index in [0.717, 1.165) is 29.1 Å². The Labute approximate surface area is 179 Å². The molecule has 1 atom stereocenters. The molecule has 0 radical (unpaired) electrons. The zero-order valence-corrected chi connectivity index (χ0v) is 17.7. The second-order valence-electron chi connectivity index (χ2n) is 6.93. The van der Waals surface area contributed by atoms with E-state index in [1.807, 2.05) is 24.3 Å². The van der Waals surface area contributed by atoms with Gasteiger partial charge in [0.05, 0.1) is 23.6 Å². The zero-order valence-electron chi connectivity index (χ0n) is 16.9. The number of aromatic carboxylic acids is 1. The van der Waals surface area contributed by atoms with Crippen molar-refractivity contribution in [2.75, 3.05) is 25.6 Å². The molecule has 0 saturated heterocycles. The number of rotatable bonds is 8. The van der Waals surface area contributed by atoms with Gasteiger partial charge in [-0.1, -0.05) is 12.1 Å². The average Bonchev–Trinajstić information content (AvgIpc) is 2.76. The van der Waals surface area contributed by atoms with Crippen LogP contribution in [0.15, 0.2) is 47.4 Å². The molecule has 158 valence electrons. The van der Waals surface area contributed by atoms with Crippen LogP contribution in [0, 0.1) is 0 Å². The van der Waals surface area contributed by atoms with Gasteiger partial charge in [0.25, 0.3) is 0 Å². The molecule has 0 bridgehead atoms. The van der Waals surface area contributed by atoms with E-state index < -0.39 is 5.97 Å². The Kier molecular flexibility index (Phi) is 6.99. The van der Waals surface area contributed by atoms with Crippen molar-refractivity contribution >= 4 is 35.2 Å². The highest BCUT2D eigenvalue weighted by Crippen LogP contribution is 2.41. The van der Waals surface area contributed by atoms with E-state index in [-0.39, 0.29) is 29.2 Å². The highest BCUT2D eigenvalue weighted by Gasteiger charge is 2.34. The third-order valence-corrected chi connectivity index (χ3v) is 6.30. The van der Waals surface area contributed by atoms with Gasteiger partial charge in [-0.15, -0.1) is 11.8 Å². The standard InChI is InChI=1S/C22H24N2O5S/c1-23-20(25)13-24-17-12-15(22(27)28)8-11-18(17)30-19(21(24)26)5-3-4-14-6-9-16(29-2)10-7-14/h6-12,19H,3-5,13H2,1-2H3,(H,23,25)(H,27,28)/t19-/m0/s1. The number of ether oxygens (including phenoxy) is 1. The minimum absolute atomic E-state index is 0.0852. The molecule has 2 N–H and O–H groups in total. The lowest BCUT2D eigenvalue weighted by Crippen LogP contribution is -2.46. The van der Waals surface area contributed by atoms with Crippen LogP contribution in [0.5, 0.6) is 5.75 Å². The minimum Gasteiger partial charge on any atom is -0.497 e. The van der Waals surface area contributed by atoms with Crippen LogP contribution in [0.1, 0.15) is 28.8 Å². The monoisotopic (exact) mass is 428 g/mol. The van der Waals surface area contributed by atoms with Gasteiger partial charge >= 0.3 is 5.97 Å². The molecule has 0 aromatic heterocycles. The quantitative estimate of drug-likeness (QED) is 0.671. The number of methoxy groups -OCH3 is 1. The van der Waals surface area contributed by atoms with Crippen LogP contribution in [0.3, 0.4) is 0 Å². The summed E-state index contributed by atoms with van der Waals surface area (Å²) in [6.07, 6.45) is 2.29. The highest BCUT2D eigenvalue weighted by molar-refractivity contribution is 8.01. The number of carbonyl (C=O) groups excluding carboxylic acids is 2. The first-order valence-electron chi connectivity index (χ1n) is 9.62. The fourth-order valence-electron chi connectivity index (χ4n) is 3.31. The summed E-state index contributed by atoms with van der Waals surface area (Å²) < 4.78 is 5.17. The fourth-order valence-corrected chi connectivity index (χ4v) is 4.56. The Morgan fingerprint density at radius 2 is 1.93 bits per heavy atom. The van der Waals surface area contributed by atoms with Gasteiger partial charge in [0.1, 0.15) is 12.3 Å². The van der Waals surface area contributed by atoms with Crippen molar-refractivity contribution in [1.82, 2.24) is 5.32 Å². The summed E-state index contributed by atoms with van der Waals surface area (Å²) in [6.45, 7) is -0.138. The fraction of sp³-hybridized carbons (Fsp3) is 0.318. The SMILES string of the molecule is CNC(=O)CN1C(=O)[C@H](CCCc2ccc(OC)cc2)Sc2ccc(C(=O)O)cc21. The van der Waals surface area contributed by atoms with E-state index in [0.29, 0.717) is 12.1 Å². The van der Waals surface area contributed by atoms with Crippen LogP contribution in [-0.4, -0.2) is 48.8 Å². The number of fused-ring (bicyclic) bond motifs is 1. The van der Waals surface area contributed by atoms with Crippen LogP contribution in [0.2, 0.25) is 0 Å². The number of likely N-dealkylation sites (N-methyl/N-ethyl adjacent to an activating group) is 1. The molecule has 2 amide bonds. The van der Waals surface area contributed by atoms with Crippen molar-refractivity contribution in [2.24, 2.45) is 0 Å². The molecule has 30 heavy (non-hydrogen) atoms.